The summed E-state index contributed by atoms with van der Waals surface area (Å²) in [6, 6.07) is 7.90. The van der Waals surface area contributed by atoms with Crippen molar-refractivity contribution in [2.75, 3.05) is 5.32 Å². The first-order valence-corrected chi connectivity index (χ1v) is 5.71. The molecule has 2 N–H and O–H groups in total. The van der Waals surface area contributed by atoms with Crippen molar-refractivity contribution in [2.45, 2.75) is 19.3 Å². The van der Waals surface area contributed by atoms with Gasteiger partial charge in [-0.1, -0.05) is 12.5 Å². The van der Waals surface area contributed by atoms with Crippen LogP contribution in [0.2, 0.25) is 0 Å². The third-order valence-electron chi connectivity index (χ3n) is 3.33. The molecular formula is C13H14N2O. The van der Waals surface area contributed by atoms with E-state index < -0.39 is 0 Å². The number of H-pyrrole nitrogens is 1. The number of benzene rings is 1. The summed E-state index contributed by atoms with van der Waals surface area (Å²) in [5.41, 5.74) is 1.97. The number of anilines is 1. The van der Waals surface area contributed by atoms with Crippen LogP contribution in [-0.4, -0.2) is 10.9 Å². The highest BCUT2D eigenvalue weighted by Gasteiger charge is 2.25. The van der Waals surface area contributed by atoms with Crippen LogP contribution >= 0.6 is 0 Å². The molecule has 0 unspecified atom stereocenters. The first-order chi connectivity index (χ1) is 7.84. The van der Waals surface area contributed by atoms with Crippen molar-refractivity contribution >= 4 is 22.5 Å². The van der Waals surface area contributed by atoms with E-state index in [0.717, 1.165) is 29.4 Å². The Morgan fingerprint density at radius 1 is 1.31 bits per heavy atom. The minimum absolute atomic E-state index is 0.167. The lowest BCUT2D eigenvalue weighted by atomic mass is 9.85. The van der Waals surface area contributed by atoms with Crippen LogP contribution in [0.4, 0.5) is 5.69 Å². The van der Waals surface area contributed by atoms with Gasteiger partial charge < -0.3 is 10.3 Å². The smallest absolute Gasteiger partial charge is 0.227 e. The third kappa shape index (κ3) is 1.48. The molecule has 16 heavy (non-hydrogen) atoms. The number of carbonyl (C=O) groups is 1. The molecule has 1 fully saturated rings. The molecule has 0 saturated heterocycles. The fraction of sp³-hybridized carbons (Fsp3) is 0.308. The Balaban J connectivity index is 1.88. The van der Waals surface area contributed by atoms with Gasteiger partial charge in [-0.05, 0) is 31.0 Å². The predicted molar refractivity (Wildman–Crippen MR) is 64.3 cm³/mol. The van der Waals surface area contributed by atoms with Gasteiger partial charge in [-0.2, -0.15) is 0 Å². The Bertz CT molecular complexity index is 525. The zero-order chi connectivity index (χ0) is 11.0. The molecular weight excluding hydrogens is 200 g/mol. The summed E-state index contributed by atoms with van der Waals surface area (Å²) < 4.78 is 0. The summed E-state index contributed by atoms with van der Waals surface area (Å²) in [6.45, 7) is 0. The summed E-state index contributed by atoms with van der Waals surface area (Å²) in [7, 11) is 0. The number of nitrogens with one attached hydrogen (secondary N) is 2. The maximum absolute atomic E-state index is 11.8. The van der Waals surface area contributed by atoms with Crippen molar-refractivity contribution in [1.82, 2.24) is 4.98 Å². The van der Waals surface area contributed by atoms with Crippen LogP contribution in [0.15, 0.2) is 30.5 Å². The van der Waals surface area contributed by atoms with Gasteiger partial charge in [0.15, 0.2) is 0 Å². The fourth-order valence-corrected chi connectivity index (χ4v) is 2.10. The van der Waals surface area contributed by atoms with Crippen LogP contribution in [0.1, 0.15) is 19.3 Å². The molecule has 1 saturated carbocycles. The van der Waals surface area contributed by atoms with E-state index in [1.807, 2.05) is 30.5 Å². The Kier molecular flexibility index (Phi) is 2.17. The van der Waals surface area contributed by atoms with Gasteiger partial charge in [0.05, 0.1) is 5.69 Å². The van der Waals surface area contributed by atoms with Gasteiger partial charge in [-0.3, -0.25) is 4.79 Å². The van der Waals surface area contributed by atoms with Gasteiger partial charge in [0.2, 0.25) is 5.91 Å². The second-order valence-electron chi connectivity index (χ2n) is 4.36. The zero-order valence-electron chi connectivity index (χ0n) is 8.99. The highest BCUT2D eigenvalue weighted by atomic mass is 16.1. The molecule has 1 heterocycles. The number of hydrogen-bond donors (Lipinski definition) is 2. The van der Waals surface area contributed by atoms with Crippen molar-refractivity contribution < 1.29 is 4.79 Å². The van der Waals surface area contributed by atoms with E-state index in [2.05, 4.69) is 10.3 Å². The zero-order valence-corrected chi connectivity index (χ0v) is 8.99. The van der Waals surface area contributed by atoms with Crippen molar-refractivity contribution in [3.8, 4) is 0 Å². The average molecular weight is 214 g/mol. The van der Waals surface area contributed by atoms with E-state index >= 15 is 0 Å². The van der Waals surface area contributed by atoms with Crippen LogP contribution in [0.25, 0.3) is 10.9 Å². The van der Waals surface area contributed by atoms with Gasteiger partial charge >= 0.3 is 0 Å². The molecule has 0 spiro atoms. The summed E-state index contributed by atoms with van der Waals surface area (Å²) in [5.74, 6) is 0.397. The molecule has 1 aromatic heterocycles. The van der Waals surface area contributed by atoms with E-state index in [9.17, 15) is 4.79 Å². The number of hydrogen-bond acceptors (Lipinski definition) is 1. The Labute approximate surface area is 93.9 Å². The molecule has 82 valence electrons. The maximum atomic E-state index is 11.8. The quantitative estimate of drug-likeness (QED) is 0.793. The Morgan fingerprint density at radius 2 is 2.19 bits per heavy atom. The van der Waals surface area contributed by atoms with Crippen LogP contribution in [0.3, 0.4) is 0 Å². The summed E-state index contributed by atoms with van der Waals surface area (Å²) in [6.07, 6.45) is 5.15. The minimum atomic E-state index is 0.167. The van der Waals surface area contributed by atoms with E-state index in [0.29, 0.717) is 0 Å². The number of amides is 1. The standard InChI is InChI=1S/C13H14N2O/c16-13(9-3-1-4-9)15-12-6-2-5-11-10(12)7-8-14-11/h2,5-9,14H,1,3-4H2,(H,15,16). The molecule has 0 radical (unpaired) electrons. The maximum Gasteiger partial charge on any atom is 0.227 e. The molecule has 3 heteroatoms. The lowest BCUT2D eigenvalue weighted by Gasteiger charge is -2.24. The number of fused-ring (bicyclic) bond motifs is 1. The van der Waals surface area contributed by atoms with E-state index in [4.69, 9.17) is 0 Å². The van der Waals surface area contributed by atoms with Crippen LogP contribution in [0, 0.1) is 5.92 Å². The van der Waals surface area contributed by atoms with Gasteiger partial charge in [-0.25, -0.2) is 0 Å². The Morgan fingerprint density at radius 3 is 2.94 bits per heavy atom. The first-order valence-electron chi connectivity index (χ1n) is 5.71. The minimum Gasteiger partial charge on any atom is -0.361 e. The second kappa shape index (κ2) is 3.67. The number of aromatic nitrogens is 1. The topological polar surface area (TPSA) is 44.9 Å². The number of aromatic amines is 1. The molecule has 3 nitrogen and oxygen atoms in total. The largest absolute Gasteiger partial charge is 0.361 e. The second-order valence-corrected chi connectivity index (χ2v) is 4.36. The van der Waals surface area contributed by atoms with Gasteiger partial charge in [0, 0.05) is 23.0 Å². The van der Waals surface area contributed by atoms with Crippen molar-refractivity contribution in [3.63, 3.8) is 0 Å². The molecule has 2 aromatic rings. The van der Waals surface area contributed by atoms with Crippen molar-refractivity contribution in [3.05, 3.63) is 30.5 Å². The Hall–Kier alpha value is -1.77. The van der Waals surface area contributed by atoms with Gasteiger partial charge in [-0.15, -0.1) is 0 Å². The van der Waals surface area contributed by atoms with E-state index in [1.54, 1.807) is 0 Å². The average Bonchev–Trinajstić information content (AvgIpc) is 2.63. The monoisotopic (exact) mass is 214 g/mol. The van der Waals surface area contributed by atoms with E-state index in [1.165, 1.54) is 6.42 Å². The highest BCUT2D eigenvalue weighted by molar-refractivity contribution is 6.02. The lowest BCUT2D eigenvalue weighted by Crippen LogP contribution is -2.28. The third-order valence-corrected chi connectivity index (χ3v) is 3.33. The van der Waals surface area contributed by atoms with Crippen LogP contribution < -0.4 is 5.32 Å². The first kappa shape index (κ1) is 9.46. The molecule has 0 bridgehead atoms. The molecule has 0 atom stereocenters. The summed E-state index contributed by atoms with van der Waals surface area (Å²) >= 11 is 0. The van der Waals surface area contributed by atoms with Crippen LogP contribution in [0.5, 0.6) is 0 Å². The van der Waals surface area contributed by atoms with Gasteiger partial charge in [0.25, 0.3) is 0 Å². The molecule has 1 aliphatic rings. The number of rotatable bonds is 2. The normalized spacial score (nSPS) is 16.0. The SMILES string of the molecule is O=C(Nc1cccc2[nH]ccc12)C1CCC1. The van der Waals surface area contributed by atoms with Crippen LogP contribution in [-0.2, 0) is 4.79 Å². The molecule has 1 aromatic carbocycles. The molecule has 1 amide bonds. The molecule has 3 rings (SSSR count). The van der Waals surface area contributed by atoms with Crippen molar-refractivity contribution in [2.24, 2.45) is 5.92 Å². The number of carbonyl (C=O) groups excluding carboxylic acids is 1. The summed E-state index contributed by atoms with van der Waals surface area (Å²) in [5, 5.41) is 4.09. The molecule has 0 aliphatic heterocycles. The van der Waals surface area contributed by atoms with E-state index in [-0.39, 0.29) is 11.8 Å². The van der Waals surface area contributed by atoms with Crippen molar-refractivity contribution in [1.29, 1.82) is 0 Å². The summed E-state index contributed by atoms with van der Waals surface area (Å²) in [4.78, 5) is 15.0. The lowest BCUT2D eigenvalue weighted by molar-refractivity contribution is -0.122. The molecule has 1 aliphatic carbocycles. The van der Waals surface area contributed by atoms with Gasteiger partial charge in [0.1, 0.15) is 0 Å². The predicted octanol–water partition coefficient (Wildman–Crippen LogP) is 2.91. The fourth-order valence-electron chi connectivity index (χ4n) is 2.10. The highest BCUT2D eigenvalue weighted by Crippen LogP contribution is 2.29.